The van der Waals surface area contributed by atoms with Crippen LogP contribution >= 0.6 is 0 Å². The smallest absolute Gasteiger partial charge is 0.267 e. The number of rotatable bonds is 45. The number of hydrogen-bond acceptors (Lipinski definition) is 4. The Morgan fingerprint density at radius 2 is 0.745 bits per heavy atom. The molecule has 0 aromatic carbocycles. The Bertz CT molecular complexity index is 923. The number of aliphatic hydroxyl groups excluding tert-OH is 1. The Hall–Kier alpha value is -0.920. The molecule has 0 spiro atoms. The van der Waals surface area contributed by atoms with Gasteiger partial charge in [-0.1, -0.05) is 257 Å². The standard InChI is InChI=1S/C48H95NO5S/c1-3-5-7-9-11-13-15-17-19-21-22-23-24-25-26-28-30-32-34-36-38-40-42-44-48(51)49-46(45-55(52,53)54)47(50)43-41-39-37-35-33-31-29-27-20-18-16-14-12-10-8-6-4-2/h41,43,46-47,50H,3-40,42,44-45H2,1-2H3,(H,49,51)(H,52,53,54)/b43-41+. The second-order valence-electron chi connectivity index (χ2n) is 17.1. The highest BCUT2D eigenvalue weighted by molar-refractivity contribution is 7.85. The summed E-state index contributed by atoms with van der Waals surface area (Å²) in [5.41, 5.74) is 0. The highest BCUT2D eigenvalue weighted by Crippen LogP contribution is 2.17. The lowest BCUT2D eigenvalue weighted by Gasteiger charge is -2.21. The van der Waals surface area contributed by atoms with Gasteiger partial charge in [-0.15, -0.1) is 0 Å². The number of nitrogens with one attached hydrogen (secondary N) is 1. The van der Waals surface area contributed by atoms with Gasteiger partial charge in [-0.05, 0) is 19.3 Å². The van der Waals surface area contributed by atoms with E-state index in [9.17, 15) is 22.9 Å². The highest BCUT2D eigenvalue weighted by Gasteiger charge is 2.24. The Labute approximate surface area is 343 Å². The van der Waals surface area contributed by atoms with Gasteiger partial charge in [0, 0.05) is 6.42 Å². The van der Waals surface area contributed by atoms with Crippen LogP contribution in [0.1, 0.15) is 271 Å². The summed E-state index contributed by atoms with van der Waals surface area (Å²) in [4.78, 5) is 12.6. The number of carbonyl (C=O) groups excluding carboxylic acids is 1. The second kappa shape index (κ2) is 42.7. The molecule has 328 valence electrons. The van der Waals surface area contributed by atoms with Crippen LogP contribution in [0.25, 0.3) is 0 Å². The van der Waals surface area contributed by atoms with Crippen LogP contribution in [-0.2, 0) is 14.9 Å². The first-order valence-electron chi connectivity index (χ1n) is 24.4. The van der Waals surface area contributed by atoms with Crippen molar-refractivity contribution in [3.05, 3.63) is 12.2 Å². The van der Waals surface area contributed by atoms with Gasteiger partial charge in [0.1, 0.15) is 0 Å². The number of allylic oxidation sites excluding steroid dienone is 1. The average molecular weight is 798 g/mol. The number of aliphatic hydroxyl groups is 1. The molecule has 0 aromatic rings. The van der Waals surface area contributed by atoms with E-state index in [0.29, 0.717) is 6.42 Å². The van der Waals surface area contributed by atoms with Gasteiger partial charge in [0.15, 0.2) is 0 Å². The summed E-state index contributed by atoms with van der Waals surface area (Å²) in [5.74, 6) is -0.963. The fourth-order valence-corrected chi connectivity index (χ4v) is 8.54. The molecule has 0 aliphatic heterocycles. The van der Waals surface area contributed by atoms with Crippen LogP contribution in [0, 0.1) is 0 Å². The van der Waals surface area contributed by atoms with E-state index < -0.39 is 28.0 Å². The summed E-state index contributed by atoms with van der Waals surface area (Å²) < 4.78 is 32.6. The maximum Gasteiger partial charge on any atom is 0.267 e. The molecule has 0 aliphatic rings. The minimum Gasteiger partial charge on any atom is -0.387 e. The van der Waals surface area contributed by atoms with Crippen molar-refractivity contribution in [2.45, 2.75) is 283 Å². The number of carbonyl (C=O) groups is 1. The molecule has 0 aromatic heterocycles. The number of unbranched alkanes of at least 4 members (excludes halogenated alkanes) is 37. The van der Waals surface area contributed by atoms with Gasteiger partial charge in [-0.2, -0.15) is 8.42 Å². The van der Waals surface area contributed by atoms with Crippen LogP contribution in [0.5, 0.6) is 0 Å². The Morgan fingerprint density at radius 3 is 1.04 bits per heavy atom. The lowest BCUT2D eigenvalue weighted by molar-refractivity contribution is -0.122. The molecule has 2 atom stereocenters. The van der Waals surface area contributed by atoms with Crippen LogP contribution in [0.4, 0.5) is 0 Å². The average Bonchev–Trinajstić information content (AvgIpc) is 3.15. The van der Waals surface area contributed by atoms with Crippen molar-refractivity contribution in [1.82, 2.24) is 5.32 Å². The lowest BCUT2D eigenvalue weighted by atomic mass is 10.0. The molecule has 6 nitrogen and oxygen atoms in total. The predicted octanol–water partition coefficient (Wildman–Crippen LogP) is 14.9. The third kappa shape index (κ3) is 44.0. The van der Waals surface area contributed by atoms with Gasteiger partial charge in [-0.3, -0.25) is 9.35 Å². The summed E-state index contributed by atoms with van der Waals surface area (Å²) in [6.45, 7) is 4.55. The first kappa shape index (κ1) is 54.1. The molecule has 0 radical (unpaired) electrons. The molecule has 7 heteroatoms. The SMILES string of the molecule is CCCCCCCCCCCCCCCCC/C=C/C(O)C(CS(=O)(=O)O)NC(=O)CCCCCCCCCCCCCCCCCCCCCCCCC. The molecule has 0 fully saturated rings. The number of hydrogen-bond donors (Lipinski definition) is 3. The minimum atomic E-state index is -4.34. The second-order valence-corrected chi connectivity index (χ2v) is 18.6. The largest absolute Gasteiger partial charge is 0.387 e. The lowest BCUT2D eigenvalue weighted by Crippen LogP contribution is -2.46. The van der Waals surface area contributed by atoms with Crippen LogP contribution in [0.3, 0.4) is 0 Å². The van der Waals surface area contributed by atoms with Crippen molar-refractivity contribution < 1.29 is 22.9 Å². The summed E-state index contributed by atoms with van der Waals surface area (Å²) in [7, 11) is -4.34. The molecule has 2 unspecified atom stereocenters. The van der Waals surface area contributed by atoms with Crippen molar-refractivity contribution in [1.29, 1.82) is 0 Å². The fourth-order valence-electron chi connectivity index (χ4n) is 7.81. The van der Waals surface area contributed by atoms with Crippen molar-refractivity contribution in [3.8, 4) is 0 Å². The minimum absolute atomic E-state index is 0.271. The van der Waals surface area contributed by atoms with Gasteiger partial charge in [-0.25, -0.2) is 0 Å². The normalized spacial score (nSPS) is 13.2. The van der Waals surface area contributed by atoms with E-state index in [1.807, 2.05) is 6.08 Å². The maximum absolute atomic E-state index is 12.6. The zero-order chi connectivity index (χ0) is 40.3. The van der Waals surface area contributed by atoms with E-state index in [2.05, 4.69) is 19.2 Å². The maximum atomic E-state index is 12.6. The van der Waals surface area contributed by atoms with Crippen molar-refractivity contribution in [2.75, 3.05) is 5.75 Å². The topological polar surface area (TPSA) is 104 Å². The first-order valence-corrected chi connectivity index (χ1v) is 26.0. The number of amides is 1. The molecule has 0 heterocycles. The Morgan fingerprint density at radius 1 is 0.473 bits per heavy atom. The predicted molar refractivity (Wildman–Crippen MR) is 240 cm³/mol. The van der Waals surface area contributed by atoms with Gasteiger partial charge >= 0.3 is 0 Å². The molecule has 0 bridgehead atoms. The third-order valence-corrected chi connectivity index (χ3v) is 12.2. The van der Waals surface area contributed by atoms with E-state index >= 15 is 0 Å². The van der Waals surface area contributed by atoms with Gasteiger partial charge in [0.25, 0.3) is 10.1 Å². The Kier molecular flexibility index (Phi) is 42.0. The van der Waals surface area contributed by atoms with Crippen molar-refractivity contribution >= 4 is 16.0 Å². The van der Waals surface area contributed by atoms with Crippen LogP contribution < -0.4 is 5.32 Å². The van der Waals surface area contributed by atoms with Crippen LogP contribution in [0.15, 0.2) is 12.2 Å². The molecule has 0 rings (SSSR count). The van der Waals surface area contributed by atoms with Crippen LogP contribution in [-0.4, -0.2) is 41.9 Å². The molecular weight excluding hydrogens is 703 g/mol. The zero-order valence-electron chi connectivity index (χ0n) is 36.8. The van der Waals surface area contributed by atoms with Gasteiger partial charge in [0.2, 0.25) is 5.91 Å². The monoisotopic (exact) mass is 798 g/mol. The van der Waals surface area contributed by atoms with E-state index in [4.69, 9.17) is 0 Å². The quantitative estimate of drug-likeness (QED) is 0.0323. The summed E-state index contributed by atoms with van der Waals surface area (Å²) in [5, 5.41) is 13.3. The summed E-state index contributed by atoms with van der Waals surface area (Å²) in [6, 6.07) is -1.05. The van der Waals surface area contributed by atoms with Crippen molar-refractivity contribution in [2.24, 2.45) is 0 Å². The molecular formula is C48H95NO5S. The van der Waals surface area contributed by atoms with E-state index in [1.54, 1.807) is 6.08 Å². The fraction of sp³-hybridized carbons (Fsp3) is 0.938. The molecule has 1 amide bonds. The summed E-state index contributed by atoms with van der Waals surface area (Å²) >= 11 is 0. The van der Waals surface area contributed by atoms with E-state index in [-0.39, 0.29) is 5.91 Å². The highest BCUT2D eigenvalue weighted by atomic mass is 32.2. The van der Waals surface area contributed by atoms with E-state index in [1.165, 1.54) is 212 Å². The molecule has 3 N–H and O–H groups in total. The van der Waals surface area contributed by atoms with E-state index in [0.717, 1.165) is 38.5 Å². The third-order valence-electron chi connectivity index (χ3n) is 11.5. The summed E-state index contributed by atoms with van der Waals surface area (Å²) in [6.07, 6.45) is 53.6. The Balaban J connectivity index is 3.76. The molecule has 55 heavy (non-hydrogen) atoms. The zero-order valence-corrected chi connectivity index (χ0v) is 37.6. The van der Waals surface area contributed by atoms with Gasteiger partial charge in [0.05, 0.1) is 17.9 Å². The first-order chi connectivity index (χ1) is 26.8. The molecule has 0 saturated carbocycles. The molecule has 0 aliphatic carbocycles. The van der Waals surface area contributed by atoms with Gasteiger partial charge < -0.3 is 10.4 Å². The van der Waals surface area contributed by atoms with Crippen molar-refractivity contribution in [3.63, 3.8) is 0 Å². The molecule has 0 saturated heterocycles. The van der Waals surface area contributed by atoms with Crippen LogP contribution in [0.2, 0.25) is 0 Å².